The van der Waals surface area contributed by atoms with Crippen LogP contribution < -0.4 is 5.32 Å². The SMILES string of the molecule is Fc1cccc(Br)c1Nc1nc(Br)cs1. The van der Waals surface area contributed by atoms with Gasteiger partial charge < -0.3 is 5.32 Å². The molecule has 15 heavy (non-hydrogen) atoms. The summed E-state index contributed by atoms with van der Waals surface area (Å²) >= 11 is 7.92. The first kappa shape index (κ1) is 11.0. The van der Waals surface area contributed by atoms with Crippen LogP contribution in [0.3, 0.4) is 0 Å². The third-order valence-electron chi connectivity index (χ3n) is 1.67. The van der Waals surface area contributed by atoms with Gasteiger partial charge in [-0.2, -0.15) is 0 Å². The van der Waals surface area contributed by atoms with Gasteiger partial charge in [-0.3, -0.25) is 0 Å². The molecule has 1 aromatic heterocycles. The van der Waals surface area contributed by atoms with Crippen LogP contribution in [0.15, 0.2) is 32.7 Å². The monoisotopic (exact) mass is 350 g/mol. The van der Waals surface area contributed by atoms with Crippen LogP contribution in [0.2, 0.25) is 0 Å². The minimum Gasteiger partial charge on any atom is -0.328 e. The number of para-hydroxylation sites is 1. The smallest absolute Gasteiger partial charge is 0.188 e. The van der Waals surface area contributed by atoms with E-state index in [4.69, 9.17) is 0 Å². The van der Waals surface area contributed by atoms with E-state index in [-0.39, 0.29) is 5.82 Å². The summed E-state index contributed by atoms with van der Waals surface area (Å²) in [5.74, 6) is -0.310. The van der Waals surface area contributed by atoms with Crippen molar-refractivity contribution in [3.05, 3.63) is 38.5 Å². The summed E-state index contributed by atoms with van der Waals surface area (Å²) in [6.45, 7) is 0. The van der Waals surface area contributed by atoms with E-state index in [1.165, 1.54) is 17.4 Å². The van der Waals surface area contributed by atoms with E-state index in [2.05, 4.69) is 42.2 Å². The van der Waals surface area contributed by atoms with Crippen LogP contribution in [-0.4, -0.2) is 4.98 Å². The fourth-order valence-corrected chi connectivity index (χ4v) is 2.63. The van der Waals surface area contributed by atoms with Gasteiger partial charge in [0.1, 0.15) is 10.4 Å². The fourth-order valence-electron chi connectivity index (χ4n) is 1.04. The highest BCUT2D eigenvalue weighted by atomic mass is 79.9. The Morgan fingerprint density at radius 3 is 2.73 bits per heavy atom. The highest BCUT2D eigenvalue weighted by Crippen LogP contribution is 2.30. The van der Waals surface area contributed by atoms with Gasteiger partial charge in [0.25, 0.3) is 0 Å². The highest BCUT2D eigenvalue weighted by molar-refractivity contribution is 9.10. The van der Waals surface area contributed by atoms with Gasteiger partial charge in [-0.25, -0.2) is 9.37 Å². The second-order valence-electron chi connectivity index (χ2n) is 2.70. The summed E-state index contributed by atoms with van der Waals surface area (Å²) in [5.41, 5.74) is 0.402. The molecule has 2 nitrogen and oxygen atoms in total. The molecule has 0 amide bonds. The summed E-state index contributed by atoms with van der Waals surface area (Å²) in [6, 6.07) is 4.81. The molecule has 0 fully saturated rings. The fraction of sp³-hybridized carbons (Fsp3) is 0. The van der Waals surface area contributed by atoms with Crippen LogP contribution in [-0.2, 0) is 0 Å². The molecule has 1 aromatic carbocycles. The van der Waals surface area contributed by atoms with Gasteiger partial charge in [-0.05, 0) is 44.0 Å². The van der Waals surface area contributed by atoms with Gasteiger partial charge in [0, 0.05) is 9.85 Å². The zero-order valence-electron chi connectivity index (χ0n) is 7.30. The number of hydrogen-bond donors (Lipinski definition) is 1. The predicted octanol–water partition coefficient (Wildman–Crippen LogP) is 4.55. The molecular formula is C9H5Br2FN2S. The number of thiazole rings is 1. The van der Waals surface area contributed by atoms with Crippen LogP contribution in [0, 0.1) is 5.82 Å². The van der Waals surface area contributed by atoms with Gasteiger partial charge in [0.15, 0.2) is 5.13 Å². The Hall–Kier alpha value is -0.460. The average Bonchev–Trinajstić information content (AvgIpc) is 2.58. The minimum atomic E-state index is -0.310. The lowest BCUT2D eigenvalue weighted by Crippen LogP contribution is -1.94. The topological polar surface area (TPSA) is 24.9 Å². The molecule has 0 bridgehead atoms. The van der Waals surface area contributed by atoms with Gasteiger partial charge in [0.2, 0.25) is 0 Å². The maximum absolute atomic E-state index is 13.4. The van der Waals surface area contributed by atoms with Crippen LogP contribution in [0.25, 0.3) is 0 Å². The van der Waals surface area contributed by atoms with Crippen molar-refractivity contribution in [1.29, 1.82) is 0 Å². The number of anilines is 2. The molecule has 2 rings (SSSR count). The van der Waals surface area contributed by atoms with E-state index in [0.717, 1.165) is 4.60 Å². The van der Waals surface area contributed by atoms with E-state index >= 15 is 0 Å². The van der Waals surface area contributed by atoms with E-state index in [1.54, 1.807) is 12.1 Å². The van der Waals surface area contributed by atoms with Gasteiger partial charge in [0.05, 0.1) is 5.69 Å². The largest absolute Gasteiger partial charge is 0.328 e. The first-order valence-corrected chi connectivity index (χ1v) is 6.45. The first-order valence-electron chi connectivity index (χ1n) is 3.99. The zero-order valence-corrected chi connectivity index (χ0v) is 11.3. The Labute approximate surface area is 107 Å². The average molecular weight is 352 g/mol. The molecule has 0 radical (unpaired) electrons. The Kier molecular flexibility index (Phi) is 3.38. The molecule has 0 saturated heterocycles. The Balaban J connectivity index is 2.31. The van der Waals surface area contributed by atoms with Crippen LogP contribution in [0.5, 0.6) is 0 Å². The maximum atomic E-state index is 13.4. The van der Waals surface area contributed by atoms with Crippen molar-refractivity contribution in [2.75, 3.05) is 5.32 Å². The zero-order chi connectivity index (χ0) is 10.8. The summed E-state index contributed by atoms with van der Waals surface area (Å²) < 4.78 is 14.8. The van der Waals surface area contributed by atoms with Crippen molar-refractivity contribution in [1.82, 2.24) is 4.98 Å². The lowest BCUT2D eigenvalue weighted by atomic mass is 10.3. The van der Waals surface area contributed by atoms with Crippen LogP contribution in [0.1, 0.15) is 0 Å². The van der Waals surface area contributed by atoms with Gasteiger partial charge in [-0.15, -0.1) is 11.3 Å². The number of aromatic nitrogens is 1. The number of nitrogens with zero attached hydrogens (tertiary/aromatic N) is 1. The van der Waals surface area contributed by atoms with Crippen molar-refractivity contribution in [2.24, 2.45) is 0 Å². The lowest BCUT2D eigenvalue weighted by molar-refractivity contribution is 0.631. The molecule has 0 spiro atoms. The van der Waals surface area contributed by atoms with Gasteiger partial charge in [-0.1, -0.05) is 6.07 Å². The highest BCUT2D eigenvalue weighted by Gasteiger charge is 2.08. The van der Waals surface area contributed by atoms with Crippen LogP contribution in [0.4, 0.5) is 15.2 Å². The standard InChI is InChI=1S/C9H5Br2FN2S/c10-5-2-1-3-6(12)8(5)14-9-13-7(11)4-15-9/h1-4H,(H,13,14). The minimum absolute atomic E-state index is 0.310. The normalized spacial score (nSPS) is 10.3. The first-order chi connectivity index (χ1) is 7.16. The molecule has 0 aliphatic heterocycles. The molecule has 0 saturated carbocycles. The summed E-state index contributed by atoms with van der Waals surface area (Å²) in [6.07, 6.45) is 0. The summed E-state index contributed by atoms with van der Waals surface area (Å²) in [7, 11) is 0. The molecule has 78 valence electrons. The molecule has 1 heterocycles. The summed E-state index contributed by atoms with van der Waals surface area (Å²) in [4.78, 5) is 4.12. The van der Waals surface area contributed by atoms with Crippen molar-refractivity contribution >= 4 is 54.0 Å². The molecule has 0 unspecified atom stereocenters. The molecular weight excluding hydrogens is 347 g/mol. The predicted molar refractivity (Wildman–Crippen MR) is 67.2 cm³/mol. The molecule has 0 aliphatic rings. The second kappa shape index (κ2) is 4.59. The van der Waals surface area contributed by atoms with Crippen molar-refractivity contribution in [3.8, 4) is 0 Å². The summed E-state index contributed by atoms with van der Waals surface area (Å²) in [5, 5.41) is 5.39. The lowest BCUT2D eigenvalue weighted by Gasteiger charge is -2.05. The van der Waals surface area contributed by atoms with E-state index in [1.807, 2.05) is 5.38 Å². The molecule has 1 N–H and O–H groups in total. The number of rotatable bonds is 2. The van der Waals surface area contributed by atoms with Gasteiger partial charge >= 0.3 is 0 Å². The van der Waals surface area contributed by atoms with E-state index in [0.29, 0.717) is 15.3 Å². The quantitative estimate of drug-likeness (QED) is 0.858. The maximum Gasteiger partial charge on any atom is 0.188 e. The number of nitrogens with one attached hydrogen (secondary N) is 1. The second-order valence-corrected chi connectivity index (χ2v) is 5.22. The van der Waals surface area contributed by atoms with Crippen molar-refractivity contribution in [3.63, 3.8) is 0 Å². The van der Waals surface area contributed by atoms with Crippen molar-refractivity contribution < 1.29 is 4.39 Å². The molecule has 2 aromatic rings. The molecule has 0 atom stereocenters. The van der Waals surface area contributed by atoms with Crippen LogP contribution >= 0.6 is 43.2 Å². The Bertz CT molecular complexity index is 466. The van der Waals surface area contributed by atoms with E-state index < -0.39 is 0 Å². The number of halogens is 3. The Morgan fingerprint density at radius 2 is 2.13 bits per heavy atom. The number of benzene rings is 1. The third kappa shape index (κ3) is 2.56. The van der Waals surface area contributed by atoms with E-state index in [9.17, 15) is 4.39 Å². The molecule has 6 heteroatoms. The Morgan fingerprint density at radius 1 is 1.33 bits per heavy atom. The number of hydrogen-bond acceptors (Lipinski definition) is 3. The van der Waals surface area contributed by atoms with Crippen molar-refractivity contribution in [2.45, 2.75) is 0 Å². The third-order valence-corrected chi connectivity index (χ3v) is 3.80. The molecule has 0 aliphatic carbocycles.